The first-order valence-corrected chi connectivity index (χ1v) is 11.3. The van der Waals surface area contributed by atoms with Crippen molar-refractivity contribution in [1.29, 1.82) is 0 Å². The first-order valence-electron chi connectivity index (χ1n) is 9.18. The van der Waals surface area contributed by atoms with Gasteiger partial charge < -0.3 is 9.64 Å². The fourth-order valence-electron chi connectivity index (χ4n) is 3.59. The molecule has 150 valence electrons. The SMILES string of the molecule is CCOC(=O)C1(Cc2ccccc2F)CCCN(C(=O)c2csc(SC)n2)C1. The van der Waals surface area contributed by atoms with Crippen LogP contribution in [-0.4, -0.2) is 47.7 Å². The van der Waals surface area contributed by atoms with E-state index in [4.69, 9.17) is 4.74 Å². The summed E-state index contributed by atoms with van der Waals surface area (Å²) in [6.07, 6.45) is 3.32. The van der Waals surface area contributed by atoms with Gasteiger partial charge in [-0.2, -0.15) is 0 Å². The Bertz CT molecular complexity index is 857. The number of rotatable bonds is 6. The smallest absolute Gasteiger partial charge is 0.314 e. The number of piperidine rings is 1. The number of halogens is 1. The molecule has 1 aliphatic rings. The van der Waals surface area contributed by atoms with E-state index in [1.165, 1.54) is 29.2 Å². The molecule has 1 amide bonds. The average molecular weight is 423 g/mol. The van der Waals surface area contributed by atoms with Gasteiger partial charge in [0.15, 0.2) is 0 Å². The molecule has 1 saturated heterocycles. The molecule has 2 aromatic rings. The Kier molecular flexibility index (Phi) is 6.72. The zero-order chi connectivity index (χ0) is 20.1. The summed E-state index contributed by atoms with van der Waals surface area (Å²) < 4.78 is 20.4. The van der Waals surface area contributed by atoms with E-state index in [2.05, 4.69) is 4.98 Å². The van der Waals surface area contributed by atoms with Crippen LogP contribution >= 0.6 is 23.1 Å². The number of hydrogen-bond donors (Lipinski definition) is 0. The summed E-state index contributed by atoms with van der Waals surface area (Å²) in [5.74, 6) is -0.920. The third-order valence-corrected chi connectivity index (χ3v) is 6.80. The van der Waals surface area contributed by atoms with Gasteiger partial charge in [-0.15, -0.1) is 11.3 Å². The Hall–Kier alpha value is -1.93. The van der Waals surface area contributed by atoms with Crippen molar-refractivity contribution in [2.75, 3.05) is 26.0 Å². The minimum atomic E-state index is -0.954. The van der Waals surface area contributed by atoms with Crippen molar-refractivity contribution in [3.05, 3.63) is 46.7 Å². The van der Waals surface area contributed by atoms with Gasteiger partial charge in [0.05, 0.1) is 12.0 Å². The number of thioether (sulfide) groups is 1. The van der Waals surface area contributed by atoms with Crippen LogP contribution < -0.4 is 0 Å². The van der Waals surface area contributed by atoms with Crippen molar-refractivity contribution in [2.24, 2.45) is 5.41 Å². The van der Waals surface area contributed by atoms with Crippen LogP contribution in [0.2, 0.25) is 0 Å². The van der Waals surface area contributed by atoms with Crippen LogP contribution in [0.5, 0.6) is 0 Å². The van der Waals surface area contributed by atoms with Crippen LogP contribution in [0.4, 0.5) is 4.39 Å². The summed E-state index contributed by atoms with van der Waals surface area (Å²) >= 11 is 2.91. The van der Waals surface area contributed by atoms with Crippen LogP contribution in [0.25, 0.3) is 0 Å². The molecule has 0 spiro atoms. The predicted molar refractivity (Wildman–Crippen MR) is 108 cm³/mol. The van der Waals surface area contributed by atoms with Gasteiger partial charge in [-0.1, -0.05) is 30.0 Å². The normalized spacial score (nSPS) is 19.5. The molecule has 0 bridgehead atoms. The predicted octanol–water partition coefficient (Wildman–Crippen LogP) is 4.03. The van der Waals surface area contributed by atoms with Crippen LogP contribution in [0.15, 0.2) is 34.0 Å². The van der Waals surface area contributed by atoms with Crippen molar-refractivity contribution < 1.29 is 18.7 Å². The van der Waals surface area contributed by atoms with Gasteiger partial charge in [0.1, 0.15) is 15.9 Å². The Labute approximate surface area is 172 Å². The van der Waals surface area contributed by atoms with E-state index >= 15 is 0 Å². The number of amides is 1. The highest BCUT2D eigenvalue weighted by molar-refractivity contribution is 8.00. The lowest BCUT2D eigenvalue weighted by atomic mass is 9.75. The van der Waals surface area contributed by atoms with E-state index < -0.39 is 5.41 Å². The van der Waals surface area contributed by atoms with Gasteiger partial charge in [-0.3, -0.25) is 9.59 Å². The van der Waals surface area contributed by atoms with E-state index in [1.807, 2.05) is 6.26 Å². The molecule has 2 heterocycles. The monoisotopic (exact) mass is 422 g/mol. The highest BCUT2D eigenvalue weighted by Crippen LogP contribution is 2.36. The number of likely N-dealkylation sites (tertiary alicyclic amines) is 1. The van der Waals surface area contributed by atoms with Crippen molar-refractivity contribution >= 4 is 35.0 Å². The summed E-state index contributed by atoms with van der Waals surface area (Å²) in [5, 5.41) is 1.74. The standard InChI is InChI=1S/C20H23FN2O3S2/c1-3-26-18(25)20(11-14-7-4-5-8-15(14)21)9-6-10-23(13-20)17(24)16-12-28-19(22-16)27-2/h4-5,7-8,12H,3,6,9-11,13H2,1-2H3. The fourth-order valence-corrected chi connectivity index (χ4v) is 4.83. The largest absolute Gasteiger partial charge is 0.466 e. The van der Waals surface area contributed by atoms with E-state index in [-0.39, 0.29) is 37.3 Å². The van der Waals surface area contributed by atoms with Crippen molar-refractivity contribution in [1.82, 2.24) is 9.88 Å². The van der Waals surface area contributed by atoms with E-state index in [0.717, 1.165) is 4.34 Å². The summed E-state index contributed by atoms with van der Waals surface area (Å²) in [4.78, 5) is 31.8. The molecule has 8 heteroatoms. The molecule has 5 nitrogen and oxygen atoms in total. The second kappa shape index (κ2) is 9.05. The summed E-state index contributed by atoms with van der Waals surface area (Å²) in [5.41, 5.74) is -0.104. The molecule has 0 aliphatic carbocycles. The number of nitrogens with zero attached hydrogens (tertiary/aromatic N) is 2. The third kappa shape index (κ3) is 4.38. The second-order valence-corrected chi connectivity index (χ2v) is 8.71. The lowest BCUT2D eigenvalue weighted by Gasteiger charge is -2.41. The minimum Gasteiger partial charge on any atom is -0.466 e. The van der Waals surface area contributed by atoms with Crippen LogP contribution in [0.3, 0.4) is 0 Å². The lowest BCUT2D eigenvalue weighted by Crippen LogP contribution is -2.51. The quantitative estimate of drug-likeness (QED) is 0.520. The van der Waals surface area contributed by atoms with Gasteiger partial charge in [-0.25, -0.2) is 9.37 Å². The molecule has 1 aromatic heterocycles. The molecule has 1 aliphatic heterocycles. The molecule has 1 fully saturated rings. The number of aromatic nitrogens is 1. The third-order valence-electron chi connectivity index (χ3n) is 4.94. The summed E-state index contributed by atoms with van der Waals surface area (Å²) in [7, 11) is 0. The summed E-state index contributed by atoms with van der Waals surface area (Å²) in [6.45, 7) is 2.74. The molecular formula is C20H23FN2O3S2. The first-order chi connectivity index (χ1) is 13.5. The number of esters is 1. The number of hydrogen-bond acceptors (Lipinski definition) is 6. The molecule has 0 radical (unpaired) electrons. The van der Waals surface area contributed by atoms with Gasteiger partial charge in [0.25, 0.3) is 5.91 Å². The number of benzene rings is 1. The van der Waals surface area contributed by atoms with Crippen molar-refractivity contribution in [3.63, 3.8) is 0 Å². The topological polar surface area (TPSA) is 59.5 Å². The molecule has 1 aromatic carbocycles. The van der Waals surface area contributed by atoms with Gasteiger partial charge >= 0.3 is 5.97 Å². The minimum absolute atomic E-state index is 0.196. The van der Waals surface area contributed by atoms with E-state index in [1.54, 1.807) is 35.4 Å². The Balaban J connectivity index is 1.87. The fraction of sp³-hybridized carbons (Fsp3) is 0.450. The zero-order valence-electron chi connectivity index (χ0n) is 15.9. The number of ether oxygens (including phenoxy) is 1. The molecule has 28 heavy (non-hydrogen) atoms. The molecule has 0 N–H and O–H groups in total. The van der Waals surface area contributed by atoms with E-state index in [9.17, 15) is 14.0 Å². The highest BCUT2D eigenvalue weighted by atomic mass is 32.2. The Morgan fingerprint density at radius 2 is 2.18 bits per heavy atom. The van der Waals surface area contributed by atoms with E-state index in [0.29, 0.717) is 30.6 Å². The molecular weight excluding hydrogens is 399 g/mol. The average Bonchev–Trinajstić information content (AvgIpc) is 3.19. The Morgan fingerprint density at radius 1 is 1.39 bits per heavy atom. The van der Waals surface area contributed by atoms with Crippen LogP contribution in [-0.2, 0) is 16.0 Å². The maximum absolute atomic E-state index is 14.3. The molecule has 3 rings (SSSR count). The Morgan fingerprint density at radius 3 is 2.86 bits per heavy atom. The van der Waals surface area contributed by atoms with Crippen molar-refractivity contribution in [3.8, 4) is 0 Å². The van der Waals surface area contributed by atoms with Crippen molar-refractivity contribution in [2.45, 2.75) is 30.5 Å². The number of carbonyl (C=O) groups excluding carboxylic acids is 2. The maximum atomic E-state index is 14.3. The summed E-state index contributed by atoms with van der Waals surface area (Å²) in [6, 6.07) is 6.45. The van der Waals surface area contributed by atoms with Crippen LogP contribution in [0.1, 0.15) is 35.8 Å². The van der Waals surface area contributed by atoms with Gasteiger partial charge in [0, 0.05) is 18.5 Å². The van der Waals surface area contributed by atoms with Crippen LogP contribution in [0, 0.1) is 11.2 Å². The highest BCUT2D eigenvalue weighted by Gasteiger charge is 2.45. The maximum Gasteiger partial charge on any atom is 0.314 e. The molecule has 1 atom stereocenters. The first kappa shape index (κ1) is 20.8. The number of carbonyl (C=O) groups is 2. The lowest BCUT2D eigenvalue weighted by molar-refractivity contribution is -0.158. The van der Waals surface area contributed by atoms with Gasteiger partial charge in [-0.05, 0) is 44.1 Å². The molecule has 1 unspecified atom stereocenters. The zero-order valence-corrected chi connectivity index (χ0v) is 17.6. The number of thiazole rings is 1. The second-order valence-electron chi connectivity index (χ2n) is 6.80. The van der Waals surface area contributed by atoms with Gasteiger partial charge in [0.2, 0.25) is 0 Å². The molecule has 0 saturated carbocycles.